The van der Waals surface area contributed by atoms with Crippen LogP contribution in [0.1, 0.15) is 25.7 Å². The first-order valence-electron chi connectivity index (χ1n) is 4.20. The second kappa shape index (κ2) is 2.29. The van der Waals surface area contributed by atoms with Crippen LogP contribution in [0, 0.1) is 11.3 Å². The van der Waals surface area contributed by atoms with E-state index in [1.165, 1.54) is 0 Å². The SMILES string of the molecule is FC(F)C12C=CC(CC1)CC2. The van der Waals surface area contributed by atoms with E-state index in [4.69, 9.17) is 0 Å². The van der Waals surface area contributed by atoms with Gasteiger partial charge in [-0.15, -0.1) is 0 Å². The van der Waals surface area contributed by atoms with Gasteiger partial charge in [0.2, 0.25) is 6.43 Å². The molecule has 2 bridgehead atoms. The first-order chi connectivity index (χ1) is 5.23. The third-order valence-corrected chi connectivity index (χ3v) is 3.10. The highest BCUT2D eigenvalue weighted by molar-refractivity contribution is 5.12. The quantitative estimate of drug-likeness (QED) is 0.514. The average molecular weight is 158 g/mol. The number of fused-ring (bicyclic) bond motifs is 2. The number of halogens is 2. The summed E-state index contributed by atoms with van der Waals surface area (Å²) in [5, 5.41) is 0. The van der Waals surface area contributed by atoms with E-state index in [0.29, 0.717) is 18.8 Å². The van der Waals surface area contributed by atoms with Crippen molar-refractivity contribution in [2.24, 2.45) is 11.3 Å². The maximum Gasteiger partial charge on any atom is 0.247 e. The van der Waals surface area contributed by atoms with Crippen molar-refractivity contribution < 1.29 is 8.78 Å². The molecule has 0 unspecified atom stereocenters. The van der Waals surface area contributed by atoms with Gasteiger partial charge in [-0.3, -0.25) is 0 Å². The summed E-state index contributed by atoms with van der Waals surface area (Å²) in [6, 6.07) is 0. The molecular formula is C9H12F2. The molecule has 0 aromatic rings. The molecule has 0 aromatic heterocycles. The van der Waals surface area contributed by atoms with Gasteiger partial charge in [0.05, 0.1) is 0 Å². The average Bonchev–Trinajstić information content (AvgIpc) is 2.08. The van der Waals surface area contributed by atoms with Crippen LogP contribution in [0.4, 0.5) is 8.78 Å². The summed E-state index contributed by atoms with van der Waals surface area (Å²) in [6.07, 6.45) is 4.94. The summed E-state index contributed by atoms with van der Waals surface area (Å²) in [5.41, 5.74) is -0.727. The van der Waals surface area contributed by atoms with E-state index in [9.17, 15) is 8.78 Å². The summed E-state index contributed by atoms with van der Waals surface area (Å²) in [6.45, 7) is 0. The van der Waals surface area contributed by atoms with Gasteiger partial charge in [-0.1, -0.05) is 12.2 Å². The fraction of sp³-hybridized carbons (Fsp3) is 0.778. The normalized spacial score (nSPS) is 41.9. The zero-order valence-corrected chi connectivity index (χ0v) is 6.39. The summed E-state index contributed by atoms with van der Waals surface area (Å²) >= 11 is 0. The lowest BCUT2D eigenvalue weighted by Crippen LogP contribution is -2.35. The number of rotatable bonds is 1. The smallest absolute Gasteiger partial charge is 0.210 e. The Bertz CT molecular complexity index is 176. The molecule has 0 saturated heterocycles. The number of hydrogen-bond donors (Lipinski definition) is 0. The molecule has 0 N–H and O–H groups in total. The third kappa shape index (κ3) is 0.996. The third-order valence-electron chi connectivity index (χ3n) is 3.10. The van der Waals surface area contributed by atoms with Crippen molar-refractivity contribution in [2.75, 3.05) is 0 Å². The fourth-order valence-electron chi connectivity index (χ4n) is 2.16. The molecule has 0 aliphatic heterocycles. The lowest BCUT2D eigenvalue weighted by atomic mass is 9.65. The largest absolute Gasteiger partial charge is 0.247 e. The predicted molar refractivity (Wildman–Crippen MR) is 39.5 cm³/mol. The molecule has 62 valence electrons. The highest BCUT2D eigenvalue weighted by Gasteiger charge is 2.43. The van der Waals surface area contributed by atoms with Crippen LogP contribution in [-0.2, 0) is 0 Å². The van der Waals surface area contributed by atoms with Crippen molar-refractivity contribution in [3.8, 4) is 0 Å². The van der Waals surface area contributed by atoms with Crippen LogP contribution in [0.25, 0.3) is 0 Å². The number of alkyl halides is 2. The molecule has 0 radical (unpaired) electrons. The van der Waals surface area contributed by atoms with Crippen LogP contribution in [0.2, 0.25) is 0 Å². The highest BCUT2D eigenvalue weighted by atomic mass is 19.3. The van der Waals surface area contributed by atoms with Gasteiger partial charge in [0.15, 0.2) is 0 Å². The second-order valence-electron chi connectivity index (χ2n) is 3.73. The zero-order valence-electron chi connectivity index (χ0n) is 6.39. The minimum absolute atomic E-state index is 0.607. The van der Waals surface area contributed by atoms with E-state index in [0.717, 1.165) is 12.8 Å². The second-order valence-corrected chi connectivity index (χ2v) is 3.73. The topological polar surface area (TPSA) is 0 Å². The van der Waals surface area contributed by atoms with Gasteiger partial charge in [-0.05, 0) is 31.6 Å². The molecule has 3 aliphatic carbocycles. The van der Waals surface area contributed by atoms with Gasteiger partial charge in [0.1, 0.15) is 0 Å². The maximum absolute atomic E-state index is 12.5. The van der Waals surface area contributed by atoms with Crippen LogP contribution in [0.5, 0.6) is 0 Å². The number of hydrogen-bond acceptors (Lipinski definition) is 0. The molecule has 1 fully saturated rings. The minimum Gasteiger partial charge on any atom is -0.210 e. The Kier molecular flexibility index (Phi) is 1.51. The molecule has 11 heavy (non-hydrogen) atoms. The Morgan fingerprint density at radius 2 is 1.91 bits per heavy atom. The molecule has 0 amide bonds. The Morgan fingerprint density at radius 1 is 1.27 bits per heavy atom. The summed E-state index contributed by atoms with van der Waals surface area (Å²) in [4.78, 5) is 0. The standard InChI is InChI=1S/C9H12F2/c10-8(11)9-4-1-7(2-5-9)3-6-9/h1,4,7-8H,2-3,5-6H2. The predicted octanol–water partition coefficient (Wildman–Crippen LogP) is 3.00. The van der Waals surface area contributed by atoms with E-state index < -0.39 is 11.8 Å². The minimum atomic E-state index is -2.15. The molecule has 0 heterocycles. The summed E-state index contributed by atoms with van der Waals surface area (Å²) < 4.78 is 25.1. The first kappa shape index (κ1) is 7.26. The highest BCUT2D eigenvalue weighted by Crippen LogP contribution is 2.48. The van der Waals surface area contributed by atoms with Crippen LogP contribution in [-0.4, -0.2) is 6.43 Å². The van der Waals surface area contributed by atoms with Crippen molar-refractivity contribution in [3.63, 3.8) is 0 Å². The lowest BCUT2D eigenvalue weighted by molar-refractivity contribution is -0.0101. The molecule has 0 aromatic carbocycles. The molecule has 0 atom stereocenters. The van der Waals surface area contributed by atoms with Crippen LogP contribution in [0.15, 0.2) is 12.2 Å². The van der Waals surface area contributed by atoms with Gasteiger partial charge in [-0.25, -0.2) is 8.78 Å². The van der Waals surface area contributed by atoms with Crippen molar-refractivity contribution in [3.05, 3.63) is 12.2 Å². The summed E-state index contributed by atoms with van der Waals surface area (Å²) in [7, 11) is 0. The molecule has 0 spiro atoms. The Hall–Kier alpha value is -0.400. The van der Waals surface area contributed by atoms with Crippen LogP contribution in [0.3, 0.4) is 0 Å². The molecule has 0 nitrogen and oxygen atoms in total. The monoisotopic (exact) mass is 158 g/mol. The molecule has 2 heteroatoms. The van der Waals surface area contributed by atoms with Gasteiger partial charge in [0, 0.05) is 5.41 Å². The van der Waals surface area contributed by atoms with Gasteiger partial charge < -0.3 is 0 Å². The molecule has 1 saturated carbocycles. The Morgan fingerprint density at radius 3 is 2.18 bits per heavy atom. The van der Waals surface area contributed by atoms with Crippen LogP contribution < -0.4 is 0 Å². The van der Waals surface area contributed by atoms with Crippen molar-refractivity contribution in [1.29, 1.82) is 0 Å². The van der Waals surface area contributed by atoms with E-state index in [-0.39, 0.29) is 0 Å². The van der Waals surface area contributed by atoms with E-state index in [1.54, 1.807) is 6.08 Å². The van der Waals surface area contributed by atoms with E-state index in [1.807, 2.05) is 6.08 Å². The van der Waals surface area contributed by atoms with Crippen molar-refractivity contribution in [1.82, 2.24) is 0 Å². The van der Waals surface area contributed by atoms with E-state index >= 15 is 0 Å². The Labute approximate surface area is 65.3 Å². The van der Waals surface area contributed by atoms with Gasteiger partial charge in [-0.2, -0.15) is 0 Å². The molecule has 3 rings (SSSR count). The molecule has 3 aliphatic rings. The zero-order chi connectivity index (χ0) is 7.90. The Balaban J connectivity index is 2.24. The van der Waals surface area contributed by atoms with Gasteiger partial charge >= 0.3 is 0 Å². The fourth-order valence-corrected chi connectivity index (χ4v) is 2.16. The first-order valence-corrected chi connectivity index (χ1v) is 4.20. The van der Waals surface area contributed by atoms with Crippen molar-refractivity contribution >= 4 is 0 Å². The van der Waals surface area contributed by atoms with Gasteiger partial charge in [0.25, 0.3) is 0 Å². The van der Waals surface area contributed by atoms with Crippen molar-refractivity contribution in [2.45, 2.75) is 32.1 Å². The molecular weight excluding hydrogens is 146 g/mol. The maximum atomic E-state index is 12.5. The van der Waals surface area contributed by atoms with E-state index in [2.05, 4.69) is 0 Å². The van der Waals surface area contributed by atoms with Crippen LogP contribution >= 0.6 is 0 Å². The summed E-state index contributed by atoms with van der Waals surface area (Å²) in [5.74, 6) is 0.607. The number of allylic oxidation sites excluding steroid dienone is 2. The lowest BCUT2D eigenvalue weighted by Gasteiger charge is -2.41.